The van der Waals surface area contributed by atoms with Crippen molar-refractivity contribution in [1.29, 1.82) is 0 Å². The molecule has 0 rings (SSSR count). The first-order valence-electron chi connectivity index (χ1n) is 5.39. The monoisotopic (exact) mass is 182 g/mol. The van der Waals surface area contributed by atoms with E-state index < -0.39 is 0 Å². The predicted molar refractivity (Wildman–Crippen MR) is 57.4 cm³/mol. The standard InChI is InChI=1S/C12H22O/c1-4-7-8-10-11(9-5-2)12(13)6-3/h11-13H,4-6,9-10H2,1-3H3. The highest BCUT2D eigenvalue weighted by Crippen LogP contribution is 2.17. The van der Waals surface area contributed by atoms with Gasteiger partial charge in [0.2, 0.25) is 0 Å². The van der Waals surface area contributed by atoms with Crippen molar-refractivity contribution in [3.63, 3.8) is 0 Å². The van der Waals surface area contributed by atoms with Crippen LogP contribution >= 0.6 is 0 Å². The summed E-state index contributed by atoms with van der Waals surface area (Å²) in [6.07, 6.45) is 4.69. The number of aliphatic hydroxyl groups is 1. The molecule has 0 fully saturated rings. The Balaban J connectivity index is 3.93. The maximum absolute atomic E-state index is 9.68. The topological polar surface area (TPSA) is 20.2 Å². The molecule has 1 nitrogen and oxygen atoms in total. The Labute approximate surface area is 82.5 Å². The summed E-state index contributed by atoms with van der Waals surface area (Å²) in [6, 6.07) is 0. The zero-order chi connectivity index (χ0) is 10.1. The van der Waals surface area contributed by atoms with Gasteiger partial charge in [-0.25, -0.2) is 0 Å². The van der Waals surface area contributed by atoms with Gasteiger partial charge in [0, 0.05) is 12.8 Å². The molecule has 0 spiro atoms. The Morgan fingerprint density at radius 1 is 1.15 bits per heavy atom. The number of hydrogen-bond donors (Lipinski definition) is 1. The van der Waals surface area contributed by atoms with Gasteiger partial charge in [0.15, 0.2) is 0 Å². The van der Waals surface area contributed by atoms with Crippen molar-refractivity contribution >= 4 is 0 Å². The van der Waals surface area contributed by atoms with Crippen LogP contribution in [-0.4, -0.2) is 11.2 Å². The van der Waals surface area contributed by atoms with Gasteiger partial charge >= 0.3 is 0 Å². The Morgan fingerprint density at radius 3 is 2.31 bits per heavy atom. The molecule has 13 heavy (non-hydrogen) atoms. The van der Waals surface area contributed by atoms with Crippen molar-refractivity contribution in [3.05, 3.63) is 0 Å². The van der Waals surface area contributed by atoms with E-state index in [9.17, 15) is 5.11 Å². The molecule has 0 amide bonds. The lowest BCUT2D eigenvalue weighted by atomic mass is 9.92. The van der Waals surface area contributed by atoms with Gasteiger partial charge in [-0.1, -0.05) is 27.2 Å². The fourth-order valence-electron chi connectivity index (χ4n) is 1.46. The summed E-state index contributed by atoms with van der Waals surface area (Å²) in [4.78, 5) is 0. The van der Waals surface area contributed by atoms with E-state index in [2.05, 4.69) is 25.7 Å². The SMILES string of the molecule is CCC#CCC(CCC)C(O)CC. The van der Waals surface area contributed by atoms with E-state index in [1.165, 1.54) is 0 Å². The van der Waals surface area contributed by atoms with Gasteiger partial charge in [0.25, 0.3) is 0 Å². The minimum Gasteiger partial charge on any atom is -0.393 e. The highest BCUT2D eigenvalue weighted by Gasteiger charge is 2.14. The first-order valence-corrected chi connectivity index (χ1v) is 5.39. The van der Waals surface area contributed by atoms with Crippen molar-refractivity contribution < 1.29 is 5.11 Å². The molecule has 0 saturated heterocycles. The van der Waals surface area contributed by atoms with Crippen molar-refractivity contribution in [1.82, 2.24) is 0 Å². The average molecular weight is 182 g/mol. The van der Waals surface area contributed by atoms with Gasteiger partial charge in [0.1, 0.15) is 0 Å². The van der Waals surface area contributed by atoms with Crippen molar-refractivity contribution in [2.75, 3.05) is 0 Å². The maximum atomic E-state index is 9.68. The second-order valence-corrected chi connectivity index (χ2v) is 3.44. The summed E-state index contributed by atoms with van der Waals surface area (Å²) in [5, 5.41) is 9.68. The van der Waals surface area contributed by atoms with Gasteiger partial charge in [-0.05, 0) is 18.8 Å². The van der Waals surface area contributed by atoms with Crippen LogP contribution in [0, 0.1) is 17.8 Å². The summed E-state index contributed by atoms with van der Waals surface area (Å²) in [5.41, 5.74) is 0. The van der Waals surface area contributed by atoms with Crippen LogP contribution in [0.4, 0.5) is 0 Å². The molecule has 0 aliphatic rings. The molecule has 1 N–H and O–H groups in total. The minimum atomic E-state index is -0.161. The summed E-state index contributed by atoms with van der Waals surface area (Å²) in [5.74, 6) is 6.56. The van der Waals surface area contributed by atoms with E-state index in [-0.39, 0.29) is 6.10 Å². The highest BCUT2D eigenvalue weighted by atomic mass is 16.3. The van der Waals surface area contributed by atoms with Crippen LogP contribution < -0.4 is 0 Å². The van der Waals surface area contributed by atoms with Crippen LogP contribution in [0.25, 0.3) is 0 Å². The van der Waals surface area contributed by atoms with Crippen LogP contribution in [0.5, 0.6) is 0 Å². The minimum absolute atomic E-state index is 0.161. The van der Waals surface area contributed by atoms with Crippen molar-refractivity contribution in [2.24, 2.45) is 5.92 Å². The van der Waals surface area contributed by atoms with Crippen LogP contribution in [0.1, 0.15) is 52.9 Å². The zero-order valence-electron chi connectivity index (χ0n) is 9.14. The van der Waals surface area contributed by atoms with Crippen LogP contribution in [0.2, 0.25) is 0 Å². The fourth-order valence-corrected chi connectivity index (χ4v) is 1.46. The summed E-state index contributed by atoms with van der Waals surface area (Å²) >= 11 is 0. The molecule has 1 heteroatoms. The third kappa shape index (κ3) is 5.71. The molecule has 0 aromatic carbocycles. The third-order valence-electron chi connectivity index (χ3n) is 2.29. The van der Waals surface area contributed by atoms with E-state index >= 15 is 0 Å². The smallest absolute Gasteiger partial charge is 0.0574 e. The van der Waals surface area contributed by atoms with E-state index in [1.54, 1.807) is 0 Å². The molecule has 0 heterocycles. The lowest BCUT2D eigenvalue weighted by Gasteiger charge is -2.18. The summed E-state index contributed by atoms with van der Waals surface area (Å²) in [6.45, 7) is 6.24. The van der Waals surface area contributed by atoms with E-state index in [0.29, 0.717) is 5.92 Å². The van der Waals surface area contributed by atoms with E-state index in [0.717, 1.165) is 32.1 Å². The number of rotatable bonds is 5. The second-order valence-electron chi connectivity index (χ2n) is 3.44. The quantitative estimate of drug-likeness (QED) is 0.648. The molecule has 0 saturated carbocycles. The normalized spacial score (nSPS) is 14.5. The Morgan fingerprint density at radius 2 is 1.85 bits per heavy atom. The van der Waals surface area contributed by atoms with Gasteiger partial charge < -0.3 is 5.11 Å². The molecular formula is C12H22O. The molecular weight excluding hydrogens is 160 g/mol. The Kier molecular flexibility index (Phi) is 7.83. The molecule has 2 atom stereocenters. The number of hydrogen-bond acceptors (Lipinski definition) is 1. The number of aliphatic hydroxyl groups excluding tert-OH is 1. The van der Waals surface area contributed by atoms with Crippen molar-refractivity contribution in [3.8, 4) is 11.8 Å². The van der Waals surface area contributed by atoms with Crippen LogP contribution in [0.3, 0.4) is 0 Å². The average Bonchev–Trinajstić information content (AvgIpc) is 2.16. The van der Waals surface area contributed by atoms with Crippen molar-refractivity contribution in [2.45, 2.75) is 59.0 Å². The van der Waals surface area contributed by atoms with E-state index in [4.69, 9.17) is 0 Å². The largest absolute Gasteiger partial charge is 0.393 e. The van der Waals surface area contributed by atoms with Gasteiger partial charge in [-0.15, -0.1) is 11.8 Å². The molecule has 0 aromatic rings. The van der Waals surface area contributed by atoms with Gasteiger partial charge in [0.05, 0.1) is 6.10 Å². The molecule has 76 valence electrons. The Bertz CT molecular complexity index is 164. The molecule has 0 aromatic heterocycles. The lowest BCUT2D eigenvalue weighted by molar-refractivity contribution is 0.100. The predicted octanol–water partition coefficient (Wildman–Crippen LogP) is 2.98. The van der Waals surface area contributed by atoms with Crippen LogP contribution in [-0.2, 0) is 0 Å². The van der Waals surface area contributed by atoms with Crippen LogP contribution in [0.15, 0.2) is 0 Å². The second kappa shape index (κ2) is 8.13. The van der Waals surface area contributed by atoms with Gasteiger partial charge in [-0.3, -0.25) is 0 Å². The third-order valence-corrected chi connectivity index (χ3v) is 2.29. The summed E-state index contributed by atoms with van der Waals surface area (Å²) < 4.78 is 0. The molecule has 0 aliphatic carbocycles. The summed E-state index contributed by atoms with van der Waals surface area (Å²) in [7, 11) is 0. The fraction of sp³-hybridized carbons (Fsp3) is 0.833. The zero-order valence-corrected chi connectivity index (χ0v) is 9.14. The maximum Gasteiger partial charge on any atom is 0.0574 e. The lowest BCUT2D eigenvalue weighted by Crippen LogP contribution is -2.18. The van der Waals surface area contributed by atoms with Gasteiger partial charge in [-0.2, -0.15) is 0 Å². The molecule has 0 radical (unpaired) electrons. The molecule has 0 aliphatic heterocycles. The Hall–Kier alpha value is -0.480. The molecule has 0 bridgehead atoms. The van der Waals surface area contributed by atoms with E-state index in [1.807, 2.05) is 6.92 Å². The first-order chi connectivity index (χ1) is 6.26. The molecule has 2 unspecified atom stereocenters. The highest BCUT2D eigenvalue weighted by molar-refractivity contribution is 4.99. The first kappa shape index (κ1) is 12.5.